The molecule has 0 saturated heterocycles. The van der Waals surface area contributed by atoms with Crippen LogP contribution in [0, 0.1) is 0 Å². The molecule has 2 nitrogen and oxygen atoms in total. The van der Waals surface area contributed by atoms with Crippen LogP contribution in [0.3, 0.4) is 0 Å². The Morgan fingerprint density at radius 1 is 1.43 bits per heavy atom. The molecule has 3 heteroatoms. The van der Waals surface area contributed by atoms with Crippen molar-refractivity contribution in [3.05, 3.63) is 35.5 Å². The minimum absolute atomic E-state index is 0.0462. The molecule has 0 aliphatic heterocycles. The lowest BCUT2D eigenvalue weighted by molar-refractivity contribution is -0.116. The Bertz CT molecular complexity index is 348. The number of carbonyl (C=O) groups excluding carboxylic acids is 2. The fourth-order valence-corrected chi connectivity index (χ4v) is 1.57. The molecule has 0 saturated carbocycles. The van der Waals surface area contributed by atoms with Gasteiger partial charge < -0.3 is 0 Å². The Morgan fingerprint density at radius 2 is 2.14 bits per heavy atom. The molecule has 0 atom stereocenters. The van der Waals surface area contributed by atoms with E-state index in [0.29, 0.717) is 17.6 Å². The van der Waals surface area contributed by atoms with Crippen LogP contribution in [-0.4, -0.2) is 16.9 Å². The van der Waals surface area contributed by atoms with Crippen LogP contribution in [0.15, 0.2) is 35.5 Å². The van der Waals surface area contributed by atoms with Crippen LogP contribution in [0.25, 0.3) is 0 Å². The first kappa shape index (κ1) is 11.1. The summed E-state index contributed by atoms with van der Waals surface area (Å²) < 4.78 is 0. The molecule has 0 unspecified atom stereocenters. The number of hydrogen-bond acceptors (Lipinski definition) is 2. The fraction of sp³-hybridized carbons (Fsp3) is 0.273. The van der Waals surface area contributed by atoms with E-state index in [1.54, 1.807) is 12.2 Å². The first-order valence-corrected chi connectivity index (χ1v) is 5.46. The lowest BCUT2D eigenvalue weighted by Crippen LogP contribution is -2.10. The van der Waals surface area contributed by atoms with E-state index < -0.39 is 0 Å². The smallest absolute Gasteiger partial charge is 0.173 e. The highest BCUT2D eigenvalue weighted by molar-refractivity contribution is 9.09. The number of carbonyl (C=O) groups is 2. The molecule has 14 heavy (non-hydrogen) atoms. The topological polar surface area (TPSA) is 34.1 Å². The molecule has 0 radical (unpaired) electrons. The van der Waals surface area contributed by atoms with Crippen molar-refractivity contribution in [1.82, 2.24) is 0 Å². The van der Waals surface area contributed by atoms with E-state index in [1.807, 2.05) is 12.2 Å². The lowest BCUT2D eigenvalue weighted by Gasteiger charge is -2.04. The zero-order chi connectivity index (χ0) is 10.6. The molecule has 0 bridgehead atoms. The Labute approximate surface area is 91.5 Å². The van der Waals surface area contributed by atoms with Crippen molar-refractivity contribution < 1.29 is 9.59 Å². The van der Waals surface area contributed by atoms with Crippen molar-refractivity contribution in [2.24, 2.45) is 0 Å². The minimum Gasteiger partial charge on any atom is -0.294 e. The molecule has 1 rings (SSSR count). The molecule has 0 spiro atoms. The number of ketones is 2. The molecule has 0 N–H and O–H groups in total. The van der Waals surface area contributed by atoms with E-state index in [-0.39, 0.29) is 16.9 Å². The van der Waals surface area contributed by atoms with Gasteiger partial charge in [-0.05, 0) is 13.3 Å². The van der Waals surface area contributed by atoms with E-state index in [9.17, 15) is 9.59 Å². The maximum Gasteiger partial charge on any atom is 0.173 e. The highest BCUT2D eigenvalue weighted by atomic mass is 79.9. The van der Waals surface area contributed by atoms with Crippen LogP contribution < -0.4 is 0 Å². The van der Waals surface area contributed by atoms with Crippen molar-refractivity contribution in [3.63, 3.8) is 0 Å². The summed E-state index contributed by atoms with van der Waals surface area (Å²) in [6.45, 7) is 1.47. The Morgan fingerprint density at radius 3 is 2.71 bits per heavy atom. The van der Waals surface area contributed by atoms with Crippen LogP contribution >= 0.6 is 15.9 Å². The third-order valence-corrected chi connectivity index (χ3v) is 2.46. The van der Waals surface area contributed by atoms with Gasteiger partial charge in [0, 0.05) is 11.1 Å². The molecule has 1 aliphatic carbocycles. The van der Waals surface area contributed by atoms with Gasteiger partial charge in [-0.1, -0.05) is 40.2 Å². The molecule has 0 amide bonds. The standard InChI is InChI=1S/C11H11BrO2/c1-8(13)9-5-3-2-4-6-10(9)11(14)7-12/h2-3,5-6H,4,7H2,1H3. The third kappa shape index (κ3) is 2.51. The number of alkyl halides is 1. The number of allylic oxidation sites excluding steroid dienone is 6. The van der Waals surface area contributed by atoms with Crippen molar-refractivity contribution in [3.8, 4) is 0 Å². The van der Waals surface area contributed by atoms with Gasteiger partial charge in [0.25, 0.3) is 0 Å². The third-order valence-electron chi connectivity index (χ3n) is 1.95. The fourth-order valence-electron chi connectivity index (χ4n) is 1.27. The van der Waals surface area contributed by atoms with Crippen LogP contribution in [0.2, 0.25) is 0 Å². The van der Waals surface area contributed by atoms with Crippen LogP contribution in [-0.2, 0) is 9.59 Å². The predicted molar refractivity (Wildman–Crippen MR) is 59.4 cm³/mol. The number of halogens is 1. The molecule has 0 aromatic heterocycles. The molecule has 0 aromatic rings. The molecule has 0 heterocycles. The second-order valence-corrected chi connectivity index (χ2v) is 3.54. The van der Waals surface area contributed by atoms with E-state index in [2.05, 4.69) is 15.9 Å². The maximum absolute atomic E-state index is 11.5. The summed E-state index contributed by atoms with van der Waals surface area (Å²) in [5, 5.41) is 0.253. The van der Waals surface area contributed by atoms with Crippen LogP contribution in [0.4, 0.5) is 0 Å². The van der Waals surface area contributed by atoms with E-state index >= 15 is 0 Å². The van der Waals surface area contributed by atoms with Gasteiger partial charge >= 0.3 is 0 Å². The largest absolute Gasteiger partial charge is 0.294 e. The summed E-state index contributed by atoms with van der Waals surface area (Å²) in [5.74, 6) is -0.118. The highest BCUT2D eigenvalue weighted by Gasteiger charge is 2.16. The van der Waals surface area contributed by atoms with Gasteiger partial charge in [-0.3, -0.25) is 9.59 Å². The monoisotopic (exact) mass is 254 g/mol. The van der Waals surface area contributed by atoms with Gasteiger partial charge in [0.05, 0.1) is 5.33 Å². The first-order chi connectivity index (χ1) is 6.66. The molecular weight excluding hydrogens is 244 g/mol. The molecule has 74 valence electrons. The zero-order valence-electron chi connectivity index (χ0n) is 7.92. The number of rotatable bonds is 3. The normalized spacial score (nSPS) is 15.6. The van der Waals surface area contributed by atoms with Crippen LogP contribution in [0.5, 0.6) is 0 Å². The van der Waals surface area contributed by atoms with E-state index in [1.165, 1.54) is 6.92 Å². The second kappa shape index (κ2) is 5.05. The first-order valence-electron chi connectivity index (χ1n) is 4.34. The molecule has 1 aliphatic rings. The van der Waals surface area contributed by atoms with Crippen molar-refractivity contribution in [1.29, 1.82) is 0 Å². The Kier molecular flexibility index (Phi) is 4.01. The number of Topliss-reactive ketones (excluding diaryl/α,β-unsaturated/α-hetero) is 2. The summed E-state index contributed by atoms with van der Waals surface area (Å²) >= 11 is 3.10. The average molecular weight is 255 g/mol. The van der Waals surface area contributed by atoms with Gasteiger partial charge in [0.15, 0.2) is 11.6 Å². The van der Waals surface area contributed by atoms with Gasteiger partial charge in [-0.2, -0.15) is 0 Å². The van der Waals surface area contributed by atoms with Crippen molar-refractivity contribution in [2.75, 3.05) is 5.33 Å². The number of hydrogen-bond donors (Lipinski definition) is 0. The summed E-state index contributed by atoms with van der Waals surface area (Å²) in [5.41, 5.74) is 1.03. The summed E-state index contributed by atoms with van der Waals surface area (Å²) in [7, 11) is 0. The minimum atomic E-state index is -0.0721. The summed E-state index contributed by atoms with van der Waals surface area (Å²) in [4.78, 5) is 22.8. The van der Waals surface area contributed by atoms with Crippen molar-refractivity contribution >= 4 is 27.5 Å². The van der Waals surface area contributed by atoms with Gasteiger partial charge in [0.1, 0.15) is 0 Å². The quantitative estimate of drug-likeness (QED) is 0.725. The molecular formula is C11H11BrO2. The van der Waals surface area contributed by atoms with Crippen molar-refractivity contribution in [2.45, 2.75) is 13.3 Å². The maximum atomic E-state index is 11.5. The SMILES string of the molecule is CC(=O)C1=CC=CCC=C1C(=O)CBr. The Hall–Kier alpha value is -0.960. The van der Waals surface area contributed by atoms with Gasteiger partial charge in [-0.15, -0.1) is 0 Å². The van der Waals surface area contributed by atoms with Crippen LogP contribution in [0.1, 0.15) is 13.3 Å². The second-order valence-electron chi connectivity index (χ2n) is 2.97. The predicted octanol–water partition coefficient (Wildman–Crippen LogP) is 2.35. The lowest BCUT2D eigenvalue weighted by atomic mass is 9.99. The summed E-state index contributed by atoms with van der Waals surface area (Å²) in [6, 6.07) is 0. The summed E-state index contributed by atoms with van der Waals surface area (Å²) in [6.07, 6.45) is 7.91. The average Bonchev–Trinajstić information content (AvgIpc) is 2.41. The zero-order valence-corrected chi connectivity index (χ0v) is 9.50. The molecule has 0 fully saturated rings. The Balaban J connectivity index is 3.07. The van der Waals surface area contributed by atoms with Gasteiger partial charge in [-0.25, -0.2) is 0 Å². The van der Waals surface area contributed by atoms with E-state index in [0.717, 1.165) is 0 Å². The van der Waals surface area contributed by atoms with E-state index in [4.69, 9.17) is 0 Å². The molecule has 0 aromatic carbocycles. The highest BCUT2D eigenvalue weighted by Crippen LogP contribution is 2.17. The van der Waals surface area contributed by atoms with Gasteiger partial charge in [0.2, 0.25) is 0 Å².